The van der Waals surface area contributed by atoms with Crippen LogP contribution in [0.1, 0.15) is 10.4 Å². The fraction of sp³-hybridized carbons (Fsp3) is 0. The third-order valence-electron chi connectivity index (χ3n) is 1.98. The number of anilines is 1. The zero-order valence-corrected chi connectivity index (χ0v) is 6.93. The van der Waals surface area contributed by atoms with Gasteiger partial charge in [0.1, 0.15) is 0 Å². The molecule has 0 atom stereocenters. The van der Waals surface area contributed by atoms with Crippen molar-refractivity contribution in [2.24, 2.45) is 0 Å². The average molecular weight is 191 g/mol. The summed E-state index contributed by atoms with van der Waals surface area (Å²) in [7, 11) is 0. The molecule has 2 amide bonds. The Labute approximate surface area is 78.6 Å². The molecular weight excluding hydrogens is 186 g/mol. The summed E-state index contributed by atoms with van der Waals surface area (Å²) in [5, 5.41) is 8.70. The molecule has 2 rings (SSSR count). The number of amides is 2. The molecule has 0 spiro atoms. The zero-order chi connectivity index (χ0) is 10.3. The highest BCUT2D eigenvalue weighted by molar-refractivity contribution is 6.55. The van der Waals surface area contributed by atoms with Crippen LogP contribution in [0.25, 0.3) is 0 Å². The van der Waals surface area contributed by atoms with Crippen molar-refractivity contribution in [2.75, 3.05) is 4.90 Å². The second kappa shape index (κ2) is 2.66. The molecule has 0 aliphatic carbocycles. The van der Waals surface area contributed by atoms with Crippen LogP contribution in [0.2, 0.25) is 0 Å². The molecule has 1 aromatic rings. The Balaban J connectivity index is 2.64. The van der Waals surface area contributed by atoms with Gasteiger partial charge in [0.05, 0.1) is 11.3 Å². The summed E-state index contributed by atoms with van der Waals surface area (Å²) in [6.45, 7) is 0. The van der Waals surface area contributed by atoms with Crippen molar-refractivity contribution in [3.05, 3.63) is 29.8 Å². The molecule has 14 heavy (non-hydrogen) atoms. The van der Waals surface area contributed by atoms with E-state index in [1.165, 1.54) is 12.1 Å². The Morgan fingerprint density at radius 1 is 1.21 bits per heavy atom. The average Bonchev–Trinajstić information content (AvgIpc) is 2.41. The number of ketones is 1. The lowest BCUT2D eigenvalue weighted by Crippen LogP contribution is -2.34. The normalized spacial score (nSPS) is 14.4. The highest BCUT2D eigenvalue weighted by atomic mass is 16.4. The first-order chi connectivity index (χ1) is 6.63. The van der Waals surface area contributed by atoms with Gasteiger partial charge in [-0.2, -0.15) is 0 Å². The number of rotatable bonds is 0. The first-order valence-corrected chi connectivity index (χ1v) is 3.83. The Morgan fingerprint density at radius 2 is 1.86 bits per heavy atom. The molecule has 5 nitrogen and oxygen atoms in total. The fourth-order valence-corrected chi connectivity index (χ4v) is 1.38. The molecule has 0 bridgehead atoms. The minimum Gasteiger partial charge on any atom is -0.464 e. The number of imide groups is 1. The van der Waals surface area contributed by atoms with Crippen LogP contribution in [0.4, 0.5) is 10.5 Å². The van der Waals surface area contributed by atoms with E-state index in [9.17, 15) is 14.4 Å². The molecule has 0 fully saturated rings. The predicted octanol–water partition coefficient (Wildman–Crippen LogP) is 0.894. The van der Waals surface area contributed by atoms with Gasteiger partial charge < -0.3 is 5.11 Å². The van der Waals surface area contributed by atoms with E-state index in [0.717, 1.165) is 0 Å². The van der Waals surface area contributed by atoms with Gasteiger partial charge in [-0.3, -0.25) is 9.59 Å². The number of carboxylic acid groups (broad SMARTS) is 1. The maximum absolute atomic E-state index is 11.3. The van der Waals surface area contributed by atoms with Crippen LogP contribution < -0.4 is 4.90 Å². The summed E-state index contributed by atoms with van der Waals surface area (Å²) in [4.78, 5) is 33.6. The standard InChI is InChI=1S/C9H5NO4/c11-7-5-3-1-2-4-6(5)10(8(7)12)9(13)14/h1-4H,(H,13,14). The van der Waals surface area contributed by atoms with E-state index >= 15 is 0 Å². The number of hydrogen-bond acceptors (Lipinski definition) is 3. The van der Waals surface area contributed by atoms with Gasteiger partial charge in [0, 0.05) is 0 Å². The minimum atomic E-state index is -1.44. The summed E-state index contributed by atoms with van der Waals surface area (Å²) in [5.41, 5.74) is 0.273. The van der Waals surface area contributed by atoms with Crippen molar-refractivity contribution in [3.63, 3.8) is 0 Å². The quantitative estimate of drug-likeness (QED) is 0.618. The van der Waals surface area contributed by atoms with Gasteiger partial charge in [0.25, 0.3) is 5.78 Å². The van der Waals surface area contributed by atoms with Crippen LogP contribution >= 0.6 is 0 Å². The van der Waals surface area contributed by atoms with Gasteiger partial charge >= 0.3 is 12.0 Å². The monoisotopic (exact) mass is 191 g/mol. The molecule has 1 heterocycles. The molecule has 1 N–H and O–H groups in total. The summed E-state index contributed by atoms with van der Waals surface area (Å²) in [6, 6.07) is 6.00. The van der Waals surface area contributed by atoms with Crippen LogP contribution in [0.5, 0.6) is 0 Å². The van der Waals surface area contributed by atoms with Crippen molar-refractivity contribution in [3.8, 4) is 0 Å². The van der Waals surface area contributed by atoms with Gasteiger partial charge in [-0.05, 0) is 12.1 Å². The van der Waals surface area contributed by atoms with Gasteiger partial charge in [-0.15, -0.1) is 0 Å². The molecule has 1 aliphatic rings. The lowest BCUT2D eigenvalue weighted by atomic mass is 10.1. The van der Waals surface area contributed by atoms with Crippen molar-refractivity contribution in [1.29, 1.82) is 0 Å². The number of benzene rings is 1. The lowest BCUT2D eigenvalue weighted by Gasteiger charge is -2.08. The zero-order valence-electron chi connectivity index (χ0n) is 6.93. The van der Waals surface area contributed by atoms with E-state index in [0.29, 0.717) is 4.90 Å². The molecule has 70 valence electrons. The number of nitrogens with zero attached hydrogens (tertiary/aromatic N) is 1. The van der Waals surface area contributed by atoms with Crippen LogP contribution in [-0.4, -0.2) is 22.9 Å². The Hall–Kier alpha value is -2.17. The Kier molecular flexibility index (Phi) is 1.60. The van der Waals surface area contributed by atoms with Crippen molar-refractivity contribution in [2.45, 2.75) is 0 Å². The molecule has 5 heteroatoms. The fourth-order valence-electron chi connectivity index (χ4n) is 1.38. The summed E-state index contributed by atoms with van der Waals surface area (Å²) in [5.74, 6) is -1.79. The van der Waals surface area contributed by atoms with Crippen LogP contribution in [-0.2, 0) is 4.79 Å². The number of hydrogen-bond donors (Lipinski definition) is 1. The summed E-state index contributed by atoms with van der Waals surface area (Å²) >= 11 is 0. The second-order valence-electron chi connectivity index (χ2n) is 2.77. The highest BCUT2D eigenvalue weighted by Crippen LogP contribution is 2.28. The van der Waals surface area contributed by atoms with Crippen molar-refractivity contribution < 1.29 is 19.5 Å². The number of carbonyl (C=O) groups is 3. The number of Topliss-reactive ketones (excluding diaryl/α,β-unsaturated/α-hetero) is 1. The molecule has 0 unspecified atom stereocenters. The highest BCUT2D eigenvalue weighted by Gasteiger charge is 2.39. The molecule has 0 radical (unpaired) electrons. The molecule has 1 aromatic carbocycles. The Morgan fingerprint density at radius 3 is 2.50 bits per heavy atom. The SMILES string of the molecule is O=C1C(=O)N(C(=O)O)c2ccccc21. The van der Waals surface area contributed by atoms with Gasteiger partial charge in [0.2, 0.25) is 0 Å². The minimum absolute atomic E-state index is 0.134. The van der Waals surface area contributed by atoms with Gasteiger partial charge in [-0.1, -0.05) is 12.1 Å². The summed E-state index contributed by atoms with van der Waals surface area (Å²) in [6.07, 6.45) is -1.44. The van der Waals surface area contributed by atoms with E-state index < -0.39 is 17.8 Å². The third-order valence-corrected chi connectivity index (χ3v) is 1.98. The molecule has 0 aromatic heterocycles. The van der Waals surface area contributed by atoms with Crippen molar-refractivity contribution >= 4 is 23.5 Å². The predicted molar refractivity (Wildman–Crippen MR) is 46.3 cm³/mol. The second-order valence-corrected chi connectivity index (χ2v) is 2.77. The maximum Gasteiger partial charge on any atom is 0.419 e. The largest absolute Gasteiger partial charge is 0.464 e. The van der Waals surface area contributed by atoms with E-state index in [4.69, 9.17) is 5.11 Å². The van der Waals surface area contributed by atoms with E-state index in [2.05, 4.69) is 0 Å². The van der Waals surface area contributed by atoms with E-state index in [1.807, 2.05) is 0 Å². The molecule has 1 aliphatic heterocycles. The van der Waals surface area contributed by atoms with E-state index in [-0.39, 0.29) is 11.3 Å². The molecule has 0 saturated heterocycles. The first kappa shape index (κ1) is 8.43. The van der Waals surface area contributed by atoms with Crippen LogP contribution in [0, 0.1) is 0 Å². The smallest absolute Gasteiger partial charge is 0.419 e. The van der Waals surface area contributed by atoms with Crippen LogP contribution in [0.15, 0.2) is 24.3 Å². The van der Waals surface area contributed by atoms with Crippen LogP contribution in [0.3, 0.4) is 0 Å². The van der Waals surface area contributed by atoms with E-state index in [1.54, 1.807) is 12.1 Å². The van der Waals surface area contributed by atoms with Gasteiger partial charge in [0.15, 0.2) is 0 Å². The third kappa shape index (κ3) is 0.922. The molecule has 0 saturated carbocycles. The topological polar surface area (TPSA) is 74.7 Å². The molecular formula is C9H5NO4. The maximum atomic E-state index is 11.3. The lowest BCUT2D eigenvalue weighted by molar-refractivity contribution is -0.113. The van der Waals surface area contributed by atoms with Gasteiger partial charge in [-0.25, -0.2) is 9.69 Å². The number of para-hydroxylation sites is 1. The number of fused-ring (bicyclic) bond motifs is 1. The number of carbonyl (C=O) groups excluding carboxylic acids is 2. The summed E-state index contributed by atoms with van der Waals surface area (Å²) < 4.78 is 0. The Bertz CT molecular complexity index is 452. The first-order valence-electron chi connectivity index (χ1n) is 3.83. The van der Waals surface area contributed by atoms with Crippen molar-refractivity contribution in [1.82, 2.24) is 0 Å².